The molecule has 3 aliphatic rings. The van der Waals surface area contributed by atoms with Crippen molar-refractivity contribution in [3.05, 3.63) is 23.8 Å². The van der Waals surface area contributed by atoms with Crippen molar-refractivity contribution in [3.63, 3.8) is 0 Å². The van der Waals surface area contributed by atoms with Crippen molar-refractivity contribution >= 4 is 23.9 Å². The smallest absolute Gasteiger partial charge is 0.341 e. The predicted octanol–water partition coefficient (Wildman–Crippen LogP) is 2.18. The first kappa shape index (κ1) is 35.7. The van der Waals surface area contributed by atoms with Gasteiger partial charge < -0.3 is 39.4 Å². The zero-order valence-corrected chi connectivity index (χ0v) is 26.7. The molecule has 0 aromatic rings. The second-order valence-corrected chi connectivity index (χ2v) is 13.0. The Morgan fingerprint density at radius 1 is 0.977 bits per heavy atom. The van der Waals surface area contributed by atoms with Gasteiger partial charge in [-0.2, -0.15) is 0 Å². The lowest BCUT2D eigenvalue weighted by Gasteiger charge is -2.57. The summed E-state index contributed by atoms with van der Waals surface area (Å²) in [6.07, 6.45) is 1.27. The lowest BCUT2D eigenvalue weighted by Crippen LogP contribution is -2.73. The van der Waals surface area contributed by atoms with Gasteiger partial charge in [-0.15, -0.1) is 0 Å². The van der Waals surface area contributed by atoms with Crippen molar-refractivity contribution in [3.8, 4) is 0 Å². The van der Waals surface area contributed by atoms with Crippen LogP contribution in [-0.4, -0.2) is 91.6 Å². The highest BCUT2D eigenvalue weighted by Crippen LogP contribution is 2.55. The van der Waals surface area contributed by atoms with Crippen LogP contribution in [0.2, 0.25) is 0 Å². The van der Waals surface area contributed by atoms with Crippen molar-refractivity contribution in [1.29, 1.82) is 0 Å². The lowest BCUT2D eigenvalue weighted by atomic mass is 9.54. The molecule has 0 saturated carbocycles. The van der Waals surface area contributed by atoms with Crippen molar-refractivity contribution in [2.24, 2.45) is 11.3 Å². The number of rotatable bonds is 9. The lowest BCUT2D eigenvalue weighted by molar-refractivity contribution is -0.258. The normalized spacial score (nSPS) is 41.3. The van der Waals surface area contributed by atoms with Gasteiger partial charge in [-0.05, 0) is 38.8 Å². The standard InChI is InChI=1S/C32H48O12/c1-8-9-10-11-12-13-25(36)43-21-17-23(41-19(3)33)29(5)15-14-22(35)30(6,38)26(29)27(42-20(4)34)32(40)24(16-18(21)2)44-28(37)31(32,7)39/h14-16,21-24,26-27,35,38-40H,8-13,17H2,1-7H3/b18-16-/t21-,22-,23+,24+,26-,27+,29-,30-,31-,32+/m1/s1. The molecule has 12 heteroatoms. The number of unbranched alkanes of at least 4 members (excludes halogenated alkanes) is 4. The molecule has 10 atom stereocenters. The molecule has 2 aliphatic carbocycles. The van der Waals surface area contributed by atoms with Crippen molar-refractivity contribution in [2.45, 2.75) is 141 Å². The molecule has 0 radical (unpaired) electrons. The number of aliphatic hydroxyl groups excluding tert-OH is 1. The molecule has 1 fully saturated rings. The van der Waals surface area contributed by atoms with Gasteiger partial charge in [0.05, 0.1) is 5.60 Å². The van der Waals surface area contributed by atoms with Crippen LogP contribution in [0.1, 0.15) is 93.4 Å². The van der Waals surface area contributed by atoms with Crippen LogP contribution in [0.25, 0.3) is 0 Å². The highest BCUT2D eigenvalue weighted by atomic mass is 16.6. The van der Waals surface area contributed by atoms with E-state index in [0.29, 0.717) is 12.0 Å². The summed E-state index contributed by atoms with van der Waals surface area (Å²) in [6.45, 7) is 9.71. The first-order chi connectivity index (χ1) is 20.3. The molecular formula is C32H48O12. The van der Waals surface area contributed by atoms with E-state index in [1.807, 2.05) is 0 Å². The van der Waals surface area contributed by atoms with Gasteiger partial charge in [-0.3, -0.25) is 14.4 Å². The first-order valence-corrected chi connectivity index (χ1v) is 15.3. The molecule has 0 bridgehead atoms. The minimum Gasteiger partial charge on any atom is -0.461 e. The zero-order chi connectivity index (χ0) is 33.3. The number of ether oxygens (including phenoxy) is 4. The maximum Gasteiger partial charge on any atom is 0.341 e. The topological polar surface area (TPSA) is 186 Å². The number of fused-ring (bicyclic) bond motifs is 2. The average molecular weight is 625 g/mol. The summed E-state index contributed by atoms with van der Waals surface area (Å²) < 4.78 is 22.8. The van der Waals surface area contributed by atoms with Crippen LogP contribution in [0.4, 0.5) is 0 Å². The molecule has 248 valence electrons. The third-order valence-electron chi connectivity index (χ3n) is 9.52. The second kappa shape index (κ2) is 13.3. The molecule has 1 heterocycles. The van der Waals surface area contributed by atoms with Gasteiger partial charge in [0.1, 0.15) is 24.4 Å². The fraction of sp³-hybridized carbons (Fsp3) is 0.750. The largest absolute Gasteiger partial charge is 0.461 e. The van der Waals surface area contributed by atoms with Crippen LogP contribution in [0, 0.1) is 11.3 Å². The number of hydrogen-bond acceptors (Lipinski definition) is 12. The van der Waals surface area contributed by atoms with Crippen LogP contribution >= 0.6 is 0 Å². The van der Waals surface area contributed by atoms with Gasteiger partial charge in [0.2, 0.25) is 0 Å². The van der Waals surface area contributed by atoms with Crippen molar-refractivity contribution in [2.75, 3.05) is 0 Å². The first-order valence-electron chi connectivity index (χ1n) is 15.3. The Morgan fingerprint density at radius 3 is 2.18 bits per heavy atom. The van der Waals surface area contributed by atoms with E-state index in [1.54, 1.807) is 13.8 Å². The molecule has 0 aromatic heterocycles. The SMILES string of the molecule is CCCCCCCC(=O)O[C@@H]1C[C@H](OC(C)=O)[C@@]2(C)C=C[C@@H](O)[C@@](C)(O)[C@@H]2[C@H](OC(C)=O)[C@@]2(O)[C@H](/C=C\1C)OC(=O)[C@@]2(C)O. The predicted molar refractivity (Wildman–Crippen MR) is 156 cm³/mol. The van der Waals surface area contributed by atoms with Crippen LogP contribution in [-0.2, 0) is 38.1 Å². The third kappa shape index (κ3) is 6.59. The summed E-state index contributed by atoms with van der Waals surface area (Å²) in [7, 11) is 0. The Morgan fingerprint density at radius 2 is 1.59 bits per heavy atom. The van der Waals surface area contributed by atoms with Gasteiger partial charge in [0, 0.05) is 38.0 Å². The van der Waals surface area contributed by atoms with Gasteiger partial charge in [0.25, 0.3) is 0 Å². The molecule has 12 nitrogen and oxygen atoms in total. The minimum atomic E-state index is -2.73. The van der Waals surface area contributed by atoms with Gasteiger partial charge in [-0.1, -0.05) is 51.7 Å². The summed E-state index contributed by atoms with van der Waals surface area (Å²) in [5.41, 5.74) is -8.83. The molecule has 0 unspecified atom stereocenters. The van der Waals surface area contributed by atoms with Crippen LogP contribution in [0.15, 0.2) is 23.8 Å². The average Bonchev–Trinajstić information content (AvgIpc) is 3.08. The van der Waals surface area contributed by atoms with E-state index in [-0.39, 0.29) is 12.8 Å². The molecule has 3 rings (SSSR count). The summed E-state index contributed by atoms with van der Waals surface area (Å²) in [5.74, 6) is -4.88. The summed E-state index contributed by atoms with van der Waals surface area (Å²) >= 11 is 0. The molecule has 1 aliphatic heterocycles. The zero-order valence-electron chi connectivity index (χ0n) is 26.7. The number of carbonyl (C=O) groups is 4. The minimum absolute atomic E-state index is 0.130. The Labute approximate surface area is 258 Å². The number of hydrogen-bond donors (Lipinski definition) is 4. The summed E-state index contributed by atoms with van der Waals surface area (Å²) in [5, 5.41) is 46.7. The van der Waals surface area contributed by atoms with Crippen LogP contribution in [0.3, 0.4) is 0 Å². The van der Waals surface area contributed by atoms with E-state index in [9.17, 15) is 39.6 Å². The van der Waals surface area contributed by atoms with Gasteiger partial charge in [0.15, 0.2) is 17.3 Å². The summed E-state index contributed by atoms with van der Waals surface area (Å²) in [4.78, 5) is 51.1. The summed E-state index contributed by atoms with van der Waals surface area (Å²) in [6, 6.07) is 0. The Balaban J connectivity index is 2.26. The molecular weight excluding hydrogens is 576 g/mol. The second-order valence-electron chi connectivity index (χ2n) is 13.0. The maximum absolute atomic E-state index is 13.0. The fourth-order valence-corrected chi connectivity index (χ4v) is 6.89. The molecule has 4 N–H and O–H groups in total. The number of esters is 4. The fourth-order valence-electron chi connectivity index (χ4n) is 6.89. The molecule has 0 spiro atoms. The molecule has 0 aromatic carbocycles. The molecule has 1 saturated heterocycles. The highest BCUT2D eigenvalue weighted by molar-refractivity contribution is 5.84. The number of aliphatic hydroxyl groups is 4. The quantitative estimate of drug-likeness (QED) is 0.127. The molecule has 44 heavy (non-hydrogen) atoms. The van der Waals surface area contributed by atoms with Crippen molar-refractivity contribution < 1.29 is 58.6 Å². The Kier molecular flexibility index (Phi) is 10.8. The maximum atomic E-state index is 13.0. The highest BCUT2D eigenvalue weighted by Gasteiger charge is 2.74. The van der Waals surface area contributed by atoms with Crippen LogP contribution in [0.5, 0.6) is 0 Å². The van der Waals surface area contributed by atoms with Crippen molar-refractivity contribution in [1.82, 2.24) is 0 Å². The van der Waals surface area contributed by atoms with E-state index in [4.69, 9.17) is 18.9 Å². The molecule has 0 amide bonds. The number of carbonyl (C=O) groups excluding carboxylic acids is 4. The van der Waals surface area contributed by atoms with Gasteiger partial charge >= 0.3 is 23.9 Å². The van der Waals surface area contributed by atoms with Gasteiger partial charge in [-0.25, -0.2) is 4.79 Å². The monoisotopic (exact) mass is 624 g/mol. The van der Waals surface area contributed by atoms with E-state index >= 15 is 0 Å². The Hall–Kier alpha value is -2.80. The van der Waals surface area contributed by atoms with E-state index in [2.05, 4.69) is 6.92 Å². The van der Waals surface area contributed by atoms with Crippen LogP contribution < -0.4 is 0 Å². The Bertz CT molecular complexity index is 1170. The van der Waals surface area contributed by atoms with E-state index in [0.717, 1.165) is 39.5 Å². The van der Waals surface area contributed by atoms with E-state index in [1.165, 1.54) is 32.1 Å². The van der Waals surface area contributed by atoms with E-state index < -0.39 is 82.5 Å². The third-order valence-corrected chi connectivity index (χ3v) is 9.52.